The molecule has 0 atom stereocenters. The Morgan fingerprint density at radius 1 is 1.14 bits per heavy atom. The van der Waals surface area contributed by atoms with Crippen molar-refractivity contribution in [1.82, 2.24) is 25.3 Å². The highest BCUT2D eigenvalue weighted by Crippen LogP contribution is 2.32. The third-order valence-electron chi connectivity index (χ3n) is 6.58. The summed E-state index contributed by atoms with van der Waals surface area (Å²) in [5, 5.41) is 5.85. The Morgan fingerprint density at radius 3 is 2.36 bits per heavy atom. The van der Waals surface area contributed by atoms with Crippen molar-refractivity contribution in [3.8, 4) is 0 Å². The van der Waals surface area contributed by atoms with Crippen LogP contribution in [0, 0.1) is 11.8 Å². The summed E-state index contributed by atoms with van der Waals surface area (Å²) in [5.41, 5.74) is 0. The molecular weight excluding hydrogens is 356 g/mol. The van der Waals surface area contributed by atoms with Gasteiger partial charge in [0.2, 0.25) is 5.91 Å². The lowest BCUT2D eigenvalue weighted by atomic mass is 9.79. The van der Waals surface area contributed by atoms with Crippen molar-refractivity contribution < 1.29 is 9.59 Å². The summed E-state index contributed by atoms with van der Waals surface area (Å²) in [6, 6.07) is 0.439. The zero-order valence-corrected chi connectivity index (χ0v) is 17.6. The third-order valence-corrected chi connectivity index (χ3v) is 6.58. The number of carbonyl (C=O) groups is 2. The molecule has 2 saturated heterocycles. The first-order valence-corrected chi connectivity index (χ1v) is 10.8. The zero-order valence-electron chi connectivity index (χ0n) is 17.6. The minimum absolute atomic E-state index is 0.106. The van der Waals surface area contributed by atoms with Crippen molar-refractivity contribution in [3.05, 3.63) is 0 Å². The van der Waals surface area contributed by atoms with Gasteiger partial charge in [0.05, 0.1) is 6.54 Å². The Bertz CT molecular complexity index is 561. The van der Waals surface area contributed by atoms with E-state index in [9.17, 15) is 9.59 Å². The lowest BCUT2D eigenvalue weighted by Gasteiger charge is -2.43. The van der Waals surface area contributed by atoms with Crippen LogP contribution < -0.4 is 10.6 Å². The fourth-order valence-electron chi connectivity index (χ4n) is 4.73. The lowest BCUT2D eigenvalue weighted by molar-refractivity contribution is -0.124. The molecule has 0 radical (unpaired) electrons. The maximum atomic E-state index is 11.6. The van der Waals surface area contributed by atoms with E-state index in [4.69, 9.17) is 0 Å². The predicted molar refractivity (Wildman–Crippen MR) is 110 cm³/mol. The Hall–Kier alpha value is -1.83. The van der Waals surface area contributed by atoms with Gasteiger partial charge in [0.1, 0.15) is 0 Å². The number of guanidine groups is 1. The molecule has 0 aromatic carbocycles. The molecule has 3 aliphatic rings. The summed E-state index contributed by atoms with van der Waals surface area (Å²) in [4.78, 5) is 33.8. The van der Waals surface area contributed by atoms with Crippen LogP contribution in [0.5, 0.6) is 0 Å². The van der Waals surface area contributed by atoms with Crippen LogP contribution in [0.1, 0.15) is 39.5 Å². The van der Waals surface area contributed by atoms with E-state index in [0.29, 0.717) is 13.1 Å². The highest BCUT2D eigenvalue weighted by Gasteiger charge is 2.30. The molecule has 28 heavy (non-hydrogen) atoms. The summed E-state index contributed by atoms with van der Waals surface area (Å²) in [6.45, 7) is 9.78. The second-order valence-corrected chi connectivity index (χ2v) is 8.51. The van der Waals surface area contributed by atoms with Gasteiger partial charge in [0.25, 0.3) is 0 Å². The molecule has 2 N–H and O–H groups in total. The Kier molecular flexibility index (Phi) is 7.15. The van der Waals surface area contributed by atoms with E-state index in [1.54, 1.807) is 7.05 Å². The van der Waals surface area contributed by atoms with Gasteiger partial charge >= 0.3 is 6.03 Å². The number of imide groups is 1. The first-order chi connectivity index (χ1) is 13.5. The van der Waals surface area contributed by atoms with E-state index < -0.39 is 0 Å². The monoisotopic (exact) mass is 392 g/mol. The molecule has 0 aromatic heterocycles. The topological polar surface area (TPSA) is 80.3 Å². The van der Waals surface area contributed by atoms with Gasteiger partial charge in [-0.1, -0.05) is 13.8 Å². The van der Waals surface area contributed by atoms with Crippen molar-refractivity contribution >= 4 is 17.9 Å². The van der Waals surface area contributed by atoms with Crippen molar-refractivity contribution in [3.63, 3.8) is 0 Å². The Morgan fingerprint density at radius 2 is 1.82 bits per heavy atom. The molecule has 1 saturated carbocycles. The van der Waals surface area contributed by atoms with Gasteiger partial charge in [-0.15, -0.1) is 0 Å². The van der Waals surface area contributed by atoms with Gasteiger partial charge < -0.3 is 15.5 Å². The van der Waals surface area contributed by atoms with Crippen LogP contribution in [0.25, 0.3) is 0 Å². The first kappa shape index (κ1) is 20.9. The van der Waals surface area contributed by atoms with Gasteiger partial charge in [-0.2, -0.15) is 0 Å². The molecule has 3 fully saturated rings. The summed E-state index contributed by atoms with van der Waals surface area (Å²) in [5.74, 6) is 2.41. The average Bonchev–Trinajstić information content (AvgIpc) is 3.03. The summed E-state index contributed by atoms with van der Waals surface area (Å²) in [6.07, 6.45) is 5.41. The number of amides is 3. The molecule has 1 aliphatic carbocycles. The highest BCUT2D eigenvalue weighted by atomic mass is 16.2. The lowest BCUT2D eigenvalue weighted by Crippen LogP contribution is -2.55. The van der Waals surface area contributed by atoms with E-state index in [0.717, 1.165) is 50.0 Å². The fourth-order valence-corrected chi connectivity index (χ4v) is 4.73. The van der Waals surface area contributed by atoms with Crippen molar-refractivity contribution in [2.24, 2.45) is 16.8 Å². The minimum atomic E-state index is -0.303. The molecule has 0 bridgehead atoms. The van der Waals surface area contributed by atoms with E-state index in [-0.39, 0.29) is 18.5 Å². The number of urea groups is 1. The molecular formula is C20H36N6O2. The maximum Gasteiger partial charge on any atom is 0.324 e. The first-order valence-electron chi connectivity index (χ1n) is 10.8. The summed E-state index contributed by atoms with van der Waals surface area (Å²) in [7, 11) is 1.79. The third kappa shape index (κ3) is 4.96. The minimum Gasteiger partial charge on any atom is -0.354 e. The van der Waals surface area contributed by atoms with Crippen LogP contribution in [0.4, 0.5) is 4.79 Å². The largest absolute Gasteiger partial charge is 0.354 e. The molecule has 0 spiro atoms. The van der Waals surface area contributed by atoms with Crippen LogP contribution in [0.15, 0.2) is 4.99 Å². The smallest absolute Gasteiger partial charge is 0.324 e. The number of piperazine rings is 1. The molecule has 2 aliphatic heterocycles. The highest BCUT2D eigenvalue weighted by molar-refractivity contribution is 6.01. The molecule has 3 amide bonds. The quantitative estimate of drug-likeness (QED) is 0.414. The predicted octanol–water partition coefficient (Wildman–Crippen LogP) is 0.946. The average molecular weight is 393 g/mol. The molecule has 3 rings (SSSR count). The van der Waals surface area contributed by atoms with Crippen molar-refractivity contribution in [2.45, 2.75) is 45.6 Å². The van der Waals surface area contributed by atoms with Gasteiger partial charge in [0, 0.05) is 52.4 Å². The van der Waals surface area contributed by atoms with Crippen LogP contribution in [-0.4, -0.2) is 91.5 Å². The molecule has 2 heterocycles. The van der Waals surface area contributed by atoms with E-state index in [1.165, 1.54) is 30.6 Å². The number of nitrogens with zero attached hydrogens (tertiary/aromatic N) is 4. The second kappa shape index (κ2) is 9.58. The van der Waals surface area contributed by atoms with Crippen LogP contribution >= 0.6 is 0 Å². The number of rotatable bonds is 5. The molecule has 0 aromatic rings. The number of hydrogen-bond acceptors (Lipinski definition) is 4. The summed E-state index contributed by atoms with van der Waals surface area (Å²) >= 11 is 0. The molecule has 0 unspecified atom stereocenters. The van der Waals surface area contributed by atoms with Crippen LogP contribution in [0.2, 0.25) is 0 Å². The number of hydrogen-bond donors (Lipinski definition) is 2. The van der Waals surface area contributed by atoms with Crippen molar-refractivity contribution in [2.75, 3.05) is 52.9 Å². The maximum absolute atomic E-state index is 11.6. The Balaban J connectivity index is 1.39. The van der Waals surface area contributed by atoms with E-state index >= 15 is 0 Å². The summed E-state index contributed by atoms with van der Waals surface area (Å²) < 4.78 is 0. The van der Waals surface area contributed by atoms with Gasteiger partial charge in [0.15, 0.2) is 5.96 Å². The molecule has 8 nitrogen and oxygen atoms in total. The van der Waals surface area contributed by atoms with E-state index in [1.807, 2.05) is 0 Å². The zero-order chi connectivity index (χ0) is 20.1. The number of aliphatic imine (C=N–C) groups is 1. The van der Waals surface area contributed by atoms with Gasteiger partial charge in [-0.25, -0.2) is 4.79 Å². The fraction of sp³-hybridized carbons (Fsp3) is 0.850. The van der Waals surface area contributed by atoms with Gasteiger partial charge in [-0.3, -0.25) is 19.6 Å². The Labute approximate surface area is 168 Å². The van der Waals surface area contributed by atoms with Gasteiger partial charge in [-0.05, 0) is 37.5 Å². The van der Waals surface area contributed by atoms with Crippen LogP contribution in [-0.2, 0) is 4.79 Å². The molecule has 8 heteroatoms. The normalized spacial score (nSPS) is 27.5. The SMILES string of the molecule is CN=C(NCCN1C(=O)CNC1=O)N1CCN(C2CCC(C(C)C)CC2)CC1. The number of nitrogens with one attached hydrogen (secondary N) is 2. The second-order valence-electron chi connectivity index (χ2n) is 8.51. The standard InChI is InChI=1S/C20H36N6O2/c1-15(2)16-4-6-17(7-5-16)24-10-12-25(13-11-24)19(21-3)22-8-9-26-18(27)14-23-20(26)28/h15-17H,4-14H2,1-3H3,(H,21,22)(H,23,28). The van der Waals surface area contributed by atoms with E-state index in [2.05, 4.69) is 39.3 Å². The van der Waals surface area contributed by atoms with Crippen molar-refractivity contribution in [1.29, 1.82) is 0 Å². The molecule has 158 valence electrons. The van der Waals surface area contributed by atoms with Crippen LogP contribution in [0.3, 0.4) is 0 Å². The number of carbonyl (C=O) groups excluding carboxylic acids is 2.